The number of hydrogen-bond acceptors (Lipinski definition) is 4. The zero-order valence-corrected chi connectivity index (χ0v) is 11.7. The highest BCUT2D eigenvalue weighted by molar-refractivity contribution is 5.76. The fourth-order valence-electron chi connectivity index (χ4n) is 2.23. The van der Waals surface area contributed by atoms with Gasteiger partial charge in [-0.05, 0) is 30.2 Å². The third-order valence-electron chi connectivity index (χ3n) is 3.26. The number of carbonyl (C=O) groups is 1. The monoisotopic (exact) mass is 284 g/mol. The predicted molar refractivity (Wildman–Crippen MR) is 78.4 cm³/mol. The first-order valence-corrected chi connectivity index (χ1v) is 6.93. The van der Waals surface area contributed by atoms with Crippen molar-refractivity contribution in [3.63, 3.8) is 0 Å². The minimum absolute atomic E-state index is 0.177. The van der Waals surface area contributed by atoms with Gasteiger partial charge in [0, 0.05) is 0 Å². The van der Waals surface area contributed by atoms with Gasteiger partial charge in [-0.2, -0.15) is 0 Å². The van der Waals surface area contributed by atoms with Crippen molar-refractivity contribution in [2.75, 3.05) is 13.2 Å². The molecule has 0 N–H and O–H groups in total. The van der Waals surface area contributed by atoms with Gasteiger partial charge in [-0.15, -0.1) is 0 Å². The van der Waals surface area contributed by atoms with Gasteiger partial charge in [-0.25, -0.2) is 4.79 Å². The lowest BCUT2D eigenvalue weighted by Crippen LogP contribution is -2.37. The van der Waals surface area contributed by atoms with E-state index >= 15 is 0 Å². The predicted octanol–water partition coefficient (Wildman–Crippen LogP) is 3.06. The standard InChI is InChI=1S/C17H16O4/c1-2-19-17(18)16-11-20-14-9-8-13(10-15(14)21-16)12-6-4-3-5-7-12/h3-10,16H,2,11H2,1H3. The Kier molecular flexibility index (Phi) is 3.77. The molecule has 0 aromatic heterocycles. The summed E-state index contributed by atoms with van der Waals surface area (Å²) in [4.78, 5) is 11.7. The second-order valence-electron chi connectivity index (χ2n) is 4.70. The lowest BCUT2D eigenvalue weighted by molar-refractivity contribution is -0.153. The zero-order chi connectivity index (χ0) is 14.7. The van der Waals surface area contributed by atoms with E-state index in [4.69, 9.17) is 14.2 Å². The summed E-state index contributed by atoms with van der Waals surface area (Å²) in [6.45, 7) is 2.27. The Morgan fingerprint density at radius 3 is 2.71 bits per heavy atom. The summed E-state index contributed by atoms with van der Waals surface area (Å²) in [5.41, 5.74) is 2.10. The van der Waals surface area contributed by atoms with Crippen molar-refractivity contribution in [1.29, 1.82) is 0 Å². The largest absolute Gasteiger partial charge is 0.485 e. The van der Waals surface area contributed by atoms with E-state index in [1.54, 1.807) is 6.92 Å². The molecule has 1 aliphatic rings. The van der Waals surface area contributed by atoms with Crippen LogP contribution in [0.1, 0.15) is 6.92 Å². The molecule has 0 saturated heterocycles. The Hall–Kier alpha value is -2.49. The van der Waals surface area contributed by atoms with E-state index in [1.165, 1.54) is 0 Å². The fraction of sp³-hybridized carbons (Fsp3) is 0.235. The first-order valence-electron chi connectivity index (χ1n) is 6.93. The highest BCUT2D eigenvalue weighted by Crippen LogP contribution is 2.35. The van der Waals surface area contributed by atoms with Crippen molar-refractivity contribution in [2.24, 2.45) is 0 Å². The zero-order valence-electron chi connectivity index (χ0n) is 11.7. The Labute approximate surface area is 123 Å². The molecule has 0 saturated carbocycles. The van der Waals surface area contributed by atoms with Crippen LogP contribution < -0.4 is 9.47 Å². The first-order chi connectivity index (χ1) is 10.3. The Morgan fingerprint density at radius 1 is 1.14 bits per heavy atom. The first kappa shape index (κ1) is 13.5. The number of benzene rings is 2. The Balaban J connectivity index is 1.85. The van der Waals surface area contributed by atoms with E-state index in [2.05, 4.69) is 0 Å². The van der Waals surface area contributed by atoms with Crippen molar-refractivity contribution in [3.8, 4) is 22.6 Å². The summed E-state index contributed by atoms with van der Waals surface area (Å²) in [5.74, 6) is 0.823. The Morgan fingerprint density at radius 2 is 1.95 bits per heavy atom. The van der Waals surface area contributed by atoms with Gasteiger partial charge in [0.1, 0.15) is 6.61 Å². The van der Waals surface area contributed by atoms with Gasteiger partial charge >= 0.3 is 5.97 Å². The van der Waals surface area contributed by atoms with Crippen molar-refractivity contribution >= 4 is 5.97 Å². The van der Waals surface area contributed by atoms with Crippen LogP contribution in [0.25, 0.3) is 11.1 Å². The van der Waals surface area contributed by atoms with Crippen LogP contribution >= 0.6 is 0 Å². The number of ether oxygens (including phenoxy) is 3. The second-order valence-corrected chi connectivity index (χ2v) is 4.70. The number of hydrogen-bond donors (Lipinski definition) is 0. The molecule has 0 radical (unpaired) electrons. The Bertz CT molecular complexity index is 636. The molecule has 1 atom stereocenters. The maximum Gasteiger partial charge on any atom is 0.350 e. The molecular weight excluding hydrogens is 268 g/mol. The normalized spacial score (nSPS) is 16.3. The van der Waals surface area contributed by atoms with Crippen LogP contribution in [0.5, 0.6) is 11.5 Å². The van der Waals surface area contributed by atoms with E-state index in [9.17, 15) is 4.79 Å². The molecule has 4 nitrogen and oxygen atoms in total. The molecule has 0 aliphatic carbocycles. The summed E-state index contributed by atoms with van der Waals surface area (Å²) in [7, 11) is 0. The van der Waals surface area contributed by atoms with Gasteiger partial charge in [-0.1, -0.05) is 36.4 Å². The second kappa shape index (κ2) is 5.87. The molecule has 21 heavy (non-hydrogen) atoms. The molecular formula is C17H16O4. The molecule has 1 aliphatic heterocycles. The van der Waals surface area contributed by atoms with Gasteiger partial charge in [-0.3, -0.25) is 0 Å². The maximum atomic E-state index is 11.7. The van der Waals surface area contributed by atoms with Gasteiger partial charge < -0.3 is 14.2 Å². The van der Waals surface area contributed by atoms with Gasteiger partial charge in [0.15, 0.2) is 11.5 Å². The fourth-order valence-corrected chi connectivity index (χ4v) is 2.23. The summed E-state index contributed by atoms with van der Waals surface area (Å²) in [6, 6.07) is 15.7. The number of esters is 1. The molecule has 0 fully saturated rings. The van der Waals surface area contributed by atoms with Crippen molar-refractivity contribution in [2.45, 2.75) is 13.0 Å². The van der Waals surface area contributed by atoms with Crippen LogP contribution in [0.15, 0.2) is 48.5 Å². The van der Waals surface area contributed by atoms with Gasteiger partial charge in [0.2, 0.25) is 6.10 Å². The maximum absolute atomic E-state index is 11.7. The lowest BCUT2D eigenvalue weighted by atomic mass is 10.1. The molecule has 1 unspecified atom stereocenters. The smallest absolute Gasteiger partial charge is 0.350 e. The number of carbonyl (C=O) groups excluding carboxylic acids is 1. The lowest BCUT2D eigenvalue weighted by Gasteiger charge is -2.25. The minimum atomic E-state index is -0.705. The van der Waals surface area contributed by atoms with Crippen LogP contribution in [0, 0.1) is 0 Å². The highest BCUT2D eigenvalue weighted by Gasteiger charge is 2.28. The molecule has 0 spiro atoms. The van der Waals surface area contributed by atoms with Crippen molar-refractivity contribution in [3.05, 3.63) is 48.5 Å². The molecule has 108 valence electrons. The molecule has 0 bridgehead atoms. The molecule has 4 heteroatoms. The summed E-state index contributed by atoms with van der Waals surface area (Å²) >= 11 is 0. The number of rotatable bonds is 3. The van der Waals surface area contributed by atoms with E-state index in [1.807, 2.05) is 48.5 Å². The van der Waals surface area contributed by atoms with Crippen LogP contribution in [-0.2, 0) is 9.53 Å². The average Bonchev–Trinajstić information content (AvgIpc) is 2.55. The number of fused-ring (bicyclic) bond motifs is 1. The summed E-state index contributed by atoms with van der Waals surface area (Å²) in [6.07, 6.45) is -0.705. The molecule has 2 aromatic rings. The van der Waals surface area contributed by atoms with E-state index in [-0.39, 0.29) is 6.61 Å². The molecule has 0 amide bonds. The summed E-state index contributed by atoms with van der Waals surface area (Å²) in [5, 5.41) is 0. The van der Waals surface area contributed by atoms with Crippen LogP contribution in [0.3, 0.4) is 0 Å². The van der Waals surface area contributed by atoms with Crippen LogP contribution in [0.2, 0.25) is 0 Å². The summed E-state index contributed by atoms with van der Waals surface area (Å²) < 4.78 is 16.2. The van der Waals surface area contributed by atoms with Crippen molar-refractivity contribution in [1.82, 2.24) is 0 Å². The van der Waals surface area contributed by atoms with Gasteiger partial charge in [0.05, 0.1) is 6.61 Å². The van der Waals surface area contributed by atoms with Crippen LogP contribution in [-0.4, -0.2) is 25.3 Å². The third-order valence-corrected chi connectivity index (χ3v) is 3.26. The topological polar surface area (TPSA) is 44.8 Å². The molecule has 1 heterocycles. The van der Waals surface area contributed by atoms with Crippen LogP contribution in [0.4, 0.5) is 0 Å². The average molecular weight is 284 g/mol. The van der Waals surface area contributed by atoms with E-state index in [0.717, 1.165) is 11.1 Å². The van der Waals surface area contributed by atoms with E-state index in [0.29, 0.717) is 18.1 Å². The quantitative estimate of drug-likeness (QED) is 0.813. The van der Waals surface area contributed by atoms with Gasteiger partial charge in [0.25, 0.3) is 0 Å². The molecule has 2 aromatic carbocycles. The SMILES string of the molecule is CCOC(=O)C1COc2ccc(-c3ccccc3)cc2O1. The minimum Gasteiger partial charge on any atom is -0.485 e. The van der Waals surface area contributed by atoms with E-state index < -0.39 is 12.1 Å². The highest BCUT2D eigenvalue weighted by atomic mass is 16.6. The third kappa shape index (κ3) is 2.84. The molecule has 3 rings (SSSR count). The van der Waals surface area contributed by atoms with Crippen molar-refractivity contribution < 1.29 is 19.0 Å².